The first kappa shape index (κ1) is 38.6. The average molecular weight is 731 g/mol. The molecule has 53 heavy (non-hydrogen) atoms. The number of amidine groups is 4. The van der Waals surface area contributed by atoms with Crippen molar-refractivity contribution in [2.45, 2.75) is 0 Å². The van der Waals surface area contributed by atoms with E-state index in [-0.39, 0.29) is 24.1 Å². The van der Waals surface area contributed by atoms with Crippen LogP contribution in [0.15, 0.2) is 121 Å². The quantitative estimate of drug-likeness (QED) is 0.0519. The summed E-state index contributed by atoms with van der Waals surface area (Å²) in [7, 11) is 3.38. The molecule has 12 N–H and O–H groups in total. The number of carbonyl (C=O) groups is 2. The number of hydrogen-bond acceptors (Lipinski definition) is 6. The van der Waals surface area contributed by atoms with Crippen LogP contribution in [0.4, 0.5) is 43.7 Å². The van der Waals surface area contributed by atoms with Gasteiger partial charge in [-0.05, 0) is 121 Å². The fraction of sp³-hybridized carbons (Fsp3) is 0.0526. The van der Waals surface area contributed by atoms with Gasteiger partial charge in [0.05, 0.1) is 0 Å². The summed E-state index contributed by atoms with van der Waals surface area (Å²) in [4.78, 5) is 25.2. The highest BCUT2D eigenvalue weighted by Gasteiger charge is 2.09. The highest BCUT2D eigenvalue weighted by Crippen LogP contribution is 2.18. The van der Waals surface area contributed by atoms with Gasteiger partial charge < -0.3 is 42.5 Å². The number of rotatable bonds is 10. The Bertz CT molecular complexity index is 1930. The number of anilines is 6. The summed E-state index contributed by atoms with van der Waals surface area (Å²) >= 11 is 0. The second kappa shape index (κ2) is 18.2. The Morgan fingerprint density at radius 3 is 0.755 bits per heavy atom. The maximum absolute atomic E-state index is 12.6. The van der Waals surface area contributed by atoms with Crippen molar-refractivity contribution >= 4 is 81.9 Å². The van der Waals surface area contributed by atoms with Crippen molar-refractivity contribution in [3.05, 3.63) is 144 Å². The SMILES string of the molecule is CNC(=N)c1ccc(NC(=N)c2ccc(NC(=O)Nc3ccc(NC(=O)Nc4ccc(C(=N)Nc5ccc(C(=N)NC)cc5)cc4)cc3)cc2)cc1.Cl. The van der Waals surface area contributed by atoms with Gasteiger partial charge in [0.2, 0.25) is 0 Å². The van der Waals surface area contributed by atoms with E-state index in [9.17, 15) is 9.59 Å². The molecular weight excluding hydrogens is 692 g/mol. The van der Waals surface area contributed by atoms with Crippen LogP contribution in [0.1, 0.15) is 22.3 Å². The van der Waals surface area contributed by atoms with Crippen LogP contribution < -0.4 is 42.5 Å². The van der Waals surface area contributed by atoms with Gasteiger partial charge in [0.15, 0.2) is 0 Å². The van der Waals surface area contributed by atoms with E-state index in [2.05, 4.69) is 42.5 Å². The molecule has 270 valence electrons. The molecule has 4 amide bonds. The lowest BCUT2D eigenvalue weighted by atomic mass is 10.1. The molecule has 0 heterocycles. The van der Waals surface area contributed by atoms with E-state index in [1.54, 1.807) is 135 Å². The van der Waals surface area contributed by atoms with Gasteiger partial charge in [-0.1, -0.05) is 0 Å². The molecule has 0 bridgehead atoms. The Morgan fingerprint density at radius 1 is 0.340 bits per heavy atom. The normalized spacial score (nSPS) is 10.0. The third kappa shape index (κ3) is 10.9. The zero-order chi connectivity index (χ0) is 37.0. The van der Waals surface area contributed by atoms with Gasteiger partial charge in [-0.3, -0.25) is 21.6 Å². The Morgan fingerprint density at radius 2 is 0.528 bits per heavy atom. The first-order valence-electron chi connectivity index (χ1n) is 16.0. The summed E-state index contributed by atoms with van der Waals surface area (Å²) < 4.78 is 0. The molecule has 15 heteroatoms. The number of amides is 4. The maximum Gasteiger partial charge on any atom is 0.323 e. The van der Waals surface area contributed by atoms with Crippen molar-refractivity contribution in [2.24, 2.45) is 0 Å². The summed E-state index contributed by atoms with van der Waals surface area (Å²) in [6, 6.07) is 33.7. The predicted octanol–water partition coefficient (Wildman–Crippen LogP) is 7.36. The van der Waals surface area contributed by atoms with Gasteiger partial charge in [-0.15, -0.1) is 12.4 Å². The van der Waals surface area contributed by atoms with Crippen LogP contribution >= 0.6 is 12.4 Å². The first-order chi connectivity index (χ1) is 25.1. The summed E-state index contributed by atoms with van der Waals surface area (Å²) in [6.07, 6.45) is 0. The molecule has 0 aromatic heterocycles. The molecule has 0 saturated heterocycles. The number of halogens is 1. The molecule has 0 unspecified atom stereocenters. The lowest BCUT2D eigenvalue weighted by Crippen LogP contribution is -2.20. The van der Waals surface area contributed by atoms with Gasteiger partial charge in [0.1, 0.15) is 23.3 Å². The Kier molecular flexibility index (Phi) is 13.2. The number of nitrogens with one attached hydrogen (secondary N) is 12. The van der Waals surface area contributed by atoms with Crippen molar-refractivity contribution < 1.29 is 9.59 Å². The topological polar surface area (TPSA) is 226 Å². The zero-order valence-electron chi connectivity index (χ0n) is 28.8. The van der Waals surface area contributed by atoms with E-state index in [1.807, 2.05) is 0 Å². The predicted molar refractivity (Wildman–Crippen MR) is 217 cm³/mol. The zero-order valence-corrected chi connectivity index (χ0v) is 29.6. The molecule has 5 rings (SSSR count). The Hall–Kier alpha value is -7.19. The standard InChI is InChI=1S/C38H38N12O2.ClH/c1-43-33(39)23-3-11-27(12-4-23)45-35(41)25-7-15-29(16-8-25)47-37(51)49-31-19-21-32(22-20-31)50-38(52)48-30-17-9-26(10-18-30)36(42)46-28-13-5-24(6-14-28)34(40)44-2;/h3-22H,1-2H3,(H2,39,43)(H2,40,44)(H2,41,45)(H2,42,46)(H2,47,49,51)(H2,48,50,52);1H. The molecule has 0 fully saturated rings. The lowest BCUT2D eigenvalue weighted by molar-refractivity contribution is 0.261. The highest BCUT2D eigenvalue weighted by atomic mass is 35.5. The molecule has 0 atom stereocenters. The summed E-state index contributed by atoms with van der Waals surface area (Å²) in [6.45, 7) is 0. The summed E-state index contributed by atoms with van der Waals surface area (Å²) in [5, 5.41) is 55.1. The van der Waals surface area contributed by atoms with E-state index in [0.29, 0.717) is 56.9 Å². The molecule has 14 nitrogen and oxygen atoms in total. The van der Waals surface area contributed by atoms with E-state index in [0.717, 1.165) is 11.1 Å². The summed E-state index contributed by atoms with van der Waals surface area (Å²) in [5.74, 6) is 0.990. The smallest absolute Gasteiger partial charge is 0.323 e. The van der Waals surface area contributed by atoms with Crippen molar-refractivity contribution in [2.75, 3.05) is 46.0 Å². The Labute approximate surface area is 312 Å². The molecule has 5 aromatic carbocycles. The van der Waals surface area contributed by atoms with E-state index < -0.39 is 12.1 Å². The molecule has 0 aliphatic carbocycles. The van der Waals surface area contributed by atoms with Crippen LogP contribution in [0.5, 0.6) is 0 Å². The Balaban J connectivity index is 0.00000627. The number of carbonyl (C=O) groups excluding carboxylic acids is 2. The molecule has 5 aromatic rings. The maximum atomic E-state index is 12.6. The van der Waals surface area contributed by atoms with Crippen molar-refractivity contribution in [1.82, 2.24) is 10.6 Å². The van der Waals surface area contributed by atoms with Crippen LogP contribution in [0.3, 0.4) is 0 Å². The van der Waals surface area contributed by atoms with Crippen LogP contribution in [0.2, 0.25) is 0 Å². The second-order valence-electron chi connectivity index (χ2n) is 11.3. The van der Waals surface area contributed by atoms with Crippen LogP contribution in [0, 0.1) is 21.6 Å². The third-order valence-electron chi connectivity index (χ3n) is 7.65. The largest absolute Gasteiger partial charge is 0.373 e. The highest BCUT2D eigenvalue weighted by molar-refractivity contribution is 6.08. The van der Waals surface area contributed by atoms with Crippen molar-refractivity contribution in [1.29, 1.82) is 21.6 Å². The number of hydrogen-bond donors (Lipinski definition) is 12. The van der Waals surface area contributed by atoms with Crippen LogP contribution in [0.25, 0.3) is 0 Å². The van der Waals surface area contributed by atoms with Gasteiger partial charge in [-0.2, -0.15) is 0 Å². The van der Waals surface area contributed by atoms with Gasteiger partial charge in [0, 0.05) is 70.5 Å². The van der Waals surface area contributed by atoms with Crippen LogP contribution in [-0.2, 0) is 0 Å². The molecule has 0 aliphatic rings. The average Bonchev–Trinajstić information content (AvgIpc) is 3.16. The number of benzene rings is 5. The minimum atomic E-state index is -0.456. The van der Waals surface area contributed by atoms with E-state index in [1.165, 1.54) is 0 Å². The minimum Gasteiger partial charge on any atom is -0.373 e. The first-order valence-corrected chi connectivity index (χ1v) is 16.0. The lowest BCUT2D eigenvalue weighted by Gasteiger charge is -2.12. The van der Waals surface area contributed by atoms with E-state index in [4.69, 9.17) is 21.6 Å². The van der Waals surface area contributed by atoms with Crippen LogP contribution in [-0.4, -0.2) is 49.5 Å². The minimum absolute atomic E-state index is 0. The summed E-state index contributed by atoms with van der Waals surface area (Å²) in [5.41, 5.74) is 6.27. The monoisotopic (exact) mass is 730 g/mol. The second-order valence-corrected chi connectivity index (χ2v) is 11.3. The number of urea groups is 2. The third-order valence-corrected chi connectivity index (χ3v) is 7.65. The molecular formula is C38H39ClN12O2. The van der Waals surface area contributed by atoms with Crippen molar-refractivity contribution in [3.8, 4) is 0 Å². The fourth-order valence-electron chi connectivity index (χ4n) is 4.83. The fourth-order valence-corrected chi connectivity index (χ4v) is 4.83. The van der Waals surface area contributed by atoms with Gasteiger partial charge >= 0.3 is 12.1 Å². The molecule has 0 saturated carbocycles. The van der Waals surface area contributed by atoms with E-state index >= 15 is 0 Å². The van der Waals surface area contributed by atoms with Crippen molar-refractivity contribution in [3.63, 3.8) is 0 Å². The van der Waals surface area contributed by atoms with Gasteiger partial charge in [-0.25, -0.2) is 9.59 Å². The molecule has 0 aliphatic heterocycles. The molecule has 0 radical (unpaired) electrons. The molecule has 0 spiro atoms. The van der Waals surface area contributed by atoms with Gasteiger partial charge in [0.25, 0.3) is 0 Å².